The summed E-state index contributed by atoms with van der Waals surface area (Å²) in [5.74, 6) is 0.483. The molecule has 0 spiro atoms. The Morgan fingerprint density at radius 1 is 1.18 bits per heavy atom. The van der Waals surface area contributed by atoms with E-state index in [0.29, 0.717) is 37.1 Å². The summed E-state index contributed by atoms with van der Waals surface area (Å²) in [5, 5.41) is 0. The van der Waals surface area contributed by atoms with Gasteiger partial charge in [0.2, 0.25) is 0 Å². The number of methoxy groups -OCH3 is 1. The number of benzene rings is 1. The highest BCUT2D eigenvalue weighted by molar-refractivity contribution is 5.94. The molecule has 0 aliphatic carbocycles. The smallest absolute Gasteiger partial charge is 0.341 e. The zero-order valence-electron chi connectivity index (χ0n) is 21.0. The first-order chi connectivity index (χ1) is 15.5. The number of fused-ring (bicyclic) bond motifs is 3. The van der Waals surface area contributed by atoms with Crippen LogP contribution in [0.25, 0.3) is 11.3 Å². The van der Waals surface area contributed by atoms with Gasteiger partial charge >= 0.3 is 5.97 Å². The fourth-order valence-electron chi connectivity index (χ4n) is 4.08. The van der Waals surface area contributed by atoms with Crippen molar-refractivity contribution in [3.05, 3.63) is 51.3 Å². The Morgan fingerprint density at radius 2 is 1.91 bits per heavy atom. The van der Waals surface area contributed by atoms with Crippen LogP contribution in [-0.2, 0) is 15.9 Å². The minimum absolute atomic E-state index is 0.00615. The Hall–Kier alpha value is -2.60. The lowest BCUT2D eigenvalue weighted by Crippen LogP contribution is -2.27. The third-order valence-electron chi connectivity index (χ3n) is 5.91. The maximum absolute atomic E-state index is 13.1. The fourth-order valence-corrected chi connectivity index (χ4v) is 4.08. The molecule has 1 aromatic carbocycles. The lowest BCUT2D eigenvalue weighted by molar-refractivity contribution is 0.0362. The summed E-state index contributed by atoms with van der Waals surface area (Å²) in [5.41, 5.74) is 3.75. The number of rotatable bonds is 8. The fraction of sp³-hybridized carbons (Fsp3) is 0.556. The highest BCUT2D eigenvalue weighted by atomic mass is 16.5. The molecule has 2 heterocycles. The van der Waals surface area contributed by atoms with E-state index in [0.717, 1.165) is 35.2 Å². The first-order valence-corrected chi connectivity index (χ1v) is 11.7. The average molecular weight is 456 g/mol. The molecular formula is C27H37NO5. The minimum Gasteiger partial charge on any atom is -0.493 e. The van der Waals surface area contributed by atoms with E-state index in [1.807, 2.05) is 46.0 Å². The van der Waals surface area contributed by atoms with Gasteiger partial charge < -0.3 is 18.8 Å². The van der Waals surface area contributed by atoms with Gasteiger partial charge in [-0.3, -0.25) is 4.79 Å². The van der Waals surface area contributed by atoms with Crippen LogP contribution in [0.15, 0.2) is 29.2 Å². The zero-order chi connectivity index (χ0) is 24.3. The number of aromatic nitrogens is 1. The molecule has 0 amide bonds. The summed E-state index contributed by atoms with van der Waals surface area (Å²) >= 11 is 0. The molecule has 0 radical (unpaired) electrons. The average Bonchev–Trinajstić information content (AvgIpc) is 2.74. The van der Waals surface area contributed by atoms with Crippen molar-refractivity contribution in [2.45, 2.75) is 60.4 Å². The van der Waals surface area contributed by atoms with Crippen LogP contribution in [-0.4, -0.2) is 37.5 Å². The van der Waals surface area contributed by atoms with Crippen molar-refractivity contribution in [1.82, 2.24) is 4.57 Å². The third-order valence-corrected chi connectivity index (χ3v) is 5.91. The van der Waals surface area contributed by atoms with E-state index in [4.69, 9.17) is 14.2 Å². The van der Waals surface area contributed by atoms with Crippen molar-refractivity contribution in [3.8, 4) is 17.0 Å². The molecule has 0 saturated carbocycles. The standard InChI is InChI=1S/C27H37NO5/c1-17(2)22-11-19-12-25(32-10-8-9-31-7)21(26(30)33-16-27(4,5)6)13-20(19)23-14-24(29)18(3)15-28(22)23/h12-15,17,22H,8-11,16H2,1-7H3. The predicted molar refractivity (Wildman–Crippen MR) is 130 cm³/mol. The van der Waals surface area contributed by atoms with E-state index in [9.17, 15) is 9.59 Å². The number of aryl methyl sites for hydroxylation is 1. The van der Waals surface area contributed by atoms with Gasteiger partial charge in [0.25, 0.3) is 0 Å². The maximum Gasteiger partial charge on any atom is 0.341 e. The SMILES string of the molecule is COCCCOc1cc2c(cc1C(=O)OCC(C)(C)C)-c1cc(=O)c(C)cn1C(C(C)C)C2. The Balaban J connectivity index is 2.09. The minimum atomic E-state index is -0.415. The van der Waals surface area contributed by atoms with Crippen molar-refractivity contribution >= 4 is 5.97 Å². The van der Waals surface area contributed by atoms with Gasteiger partial charge in [0.05, 0.1) is 18.9 Å². The lowest BCUT2D eigenvalue weighted by Gasteiger charge is -2.34. The molecule has 0 N–H and O–H groups in total. The molecule has 3 rings (SSSR count). The second-order valence-electron chi connectivity index (χ2n) is 10.5. The highest BCUT2D eigenvalue weighted by Gasteiger charge is 2.29. The zero-order valence-corrected chi connectivity index (χ0v) is 21.0. The number of esters is 1. The first kappa shape index (κ1) is 25.0. The van der Waals surface area contributed by atoms with Gasteiger partial charge in [-0.25, -0.2) is 4.79 Å². The molecule has 1 aliphatic heterocycles. The number of pyridine rings is 1. The second kappa shape index (κ2) is 10.1. The van der Waals surface area contributed by atoms with E-state index < -0.39 is 5.97 Å². The molecule has 1 aliphatic rings. The number of nitrogens with zero attached hydrogens (tertiary/aromatic N) is 1. The number of ether oxygens (including phenoxy) is 3. The first-order valence-electron chi connectivity index (χ1n) is 11.7. The van der Waals surface area contributed by atoms with Gasteiger partial charge in [-0.05, 0) is 42.4 Å². The molecule has 180 valence electrons. The van der Waals surface area contributed by atoms with E-state index >= 15 is 0 Å². The molecular weight excluding hydrogens is 418 g/mol. The summed E-state index contributed by atoms with van der Waals surface area (Å²) in [6.45, 7) is 13.6. The van der Waals surface area contributed by atoms with E-state index in [1.54, 1.807) is 13.2 Å². The van der Waals surface area contributed by atoms with Crippen molar-refractivity contribution in [3.63, 3.8) is 0 Å². The molecule has 6 heteroatoms. The summed E-state index contributed by atoms with van der Waals surface area (Å²) in [6, 6.07) is 5.70. The molecule has 0 saturated heterocycles. The molecule has 6 nitrogen and oxygen atoms in total. The topological polar surface area (TPSA) is 66.8 Å². The van der Waals surface area contributed by atoms with Crippen LogP contribution in [0.5, 0.6) is 5.75 Å². The van der Waals surface area contributed by atoms with Crippen LogP contribution in [0.2, 0.25) is 0 Å². The highest BCUT2D eigenvalue weighted by Crippen LogP contribution is 2.40. The normalized spacial score (nSPS) is 15.2. The van der Waals surface area contributed by atoms with Gasteiger partial charge in [-0.1, -0.05) is 34.6 Å². The number of hydrogen-bond acceptors (Lipinski definition) is 5. The third kappa shape index (κ3) is 5.85. The van der Waals surface area contributed by atoms with Gasteiger partial charge in [0, 0.05) is 49.6 Å². The van der Waals surface area contributed by atoms with Gasteiger partial charge in [0.15, 0.2) is 5.43 Å². The Bertz CT molecular complexity index is 1060. The summed E-state index contributed by atoms with van der Waals surface area (Å²) in [7, 11) is 1.65. The Labute approximate surface area is 196 Å². The maximum atomic E-state index is 13.1. The summed E-state index contributed by atoms with van der Waals surface area (Å²) < 4.78 is 19.0. The molecule has 1 unspecified atom stereocenters. The summed E-state index contributed by atoms with van der Waals surface area (Å²) in [6.07, 6.45) is 3.46. The van der Waals surface area contributed by atoms with Crippen molar-refractivity contribution in [2.24, 2.45) is 11.3 Å². The van der Waals surface area contributed by atoms with Crippen LogP contribution in [0, 0.1) is 18.3 Å². The molecule has 1 atom stereocenters. The van der Waals surface area contributed by atoms with Crippen LogP contribution >= 0.6 is 0 Å². The van der Waals surface area contributed by atoms with Gasteiger partial charge in [0.1, 0.15) is 11.3 Å². The van der Waals surface area contributed by atoms with Crippen molar-refractivity contribution in [2.75, 3.05) is 26.9 Å². The number of carbonyl (C=O) groups excluding carboxylic acids is 1. The monoisotopic (exact) mass is 455 g/mol. The number of hydrogen-bond donors (Lipinski definition) is 0. The van der Waals surface area contributed by atoms with Gasteiger partial charge in [-0.2, -0.15) is 0 Å². The van der Waals surface area contributed by atoms with Crippen molar-refractivity contribution in [1.29, 1.82) is 0 Å². The largest absolute Gasteiger partial charge is 0.493 e. The van der Waals surface area contributed by atoms with E-state index in [2.05, 4.69) is 18.4 Å². The van der Waals surface area contributed by atoms with E-state index in [-0.39, 0.29) is 16.9 Å². The Morgan fingerprint density at radius 3 is 2.55 bits per heavy atom. The Kier molecular flexibility index (Phi) is 7.68. The molecule has 33 heavy (non-hydrogen) atoms. The molecule has 0 bridgehead atoms. The number of carbonyl (C=O) groups is 1. The van der Waals surface area contributed by atoms with Crippen LogP contribution in [0.3, 0.4) is 0 Å². The van der Waals surface area contributed by atoms with Crippen LogP contribution in [0.1, 0.15) is 68.6 Å². The second-order valence-corrected chi connectivity index (χ2v) is 10.5. The van der Waals surface area contributed by atoms with Crippen LogP contribution in [0.4, 0.5) is 0 Å². The van der Waals surface area contributed by atoms with Crippen molar-refractivity contribution < 1.29 is 19.0 Å². The molecule has 2 aromatic rings. The van der Waals surface area contributed by atoms with E-state index in [1.165, 1.54) is 0 Å². The lowest BCUT2D eigenvalue weighted by atomic mass is 9.86. The quantitative estimate of drug-likeness (QED) is 0.405. The van der Waals surface area contributed by atoms with Crippen LogP contribution < -0.4 is 10.2 Å². The van der Waals surface area contributed by atoms with Gasteiger partial charge in [-0.15, -0.1) is 0 Å². The summed E-state index contributed by atoms with van der Waals surface area (Å²) in [4.78, 5) is 25.6. The molecule has 1 aromatic heterocycles. The molecule has 0 fully saturated rings. The predicted octanol–water partition coefficient (Wildman–Crippen LogP) is 5.20.